The highest BCUT2D eigenvalue weighted by Crippen LogP contribution is 2.28. The fourth-order valence-electron chi connectivity index (χ4n) is 3.88. The first-order valence-electron chi connectivity index (χ1n) is 10.4. The number of rotatable bonds is 5. The molecule has 0 radical (unpaired) electrons. The van der Waals surface area contributed by atoms with Gasteiger partial charge in [-0.25, -0.2) is 0 Å². The molecule has 3 rings (SSSR count). The summed E-state index contributed by atoms with van der Waals surface area (Å²) in [4.78, 5) is 23.1. The Bertz CT molecular complexity index is 706. The summed E-state index contributed by atoms with van der Waals surface area (Å²) in [5.74, 6) is 1.04. The second kappa shape index (κ2) is 12.7. The van der Waals surface area contributed by atoms with Crippen LogP contribution in [0.15, 0.2) is 29.3 Å². The van der Waals surface area contributed by atoms with Gasteiger partial charge in [0.25, 0.3) is 0 Å². The molecule has 2 fully saturated rings. The minimum Gasteiger partial charge on any atom is -0.379 e. The predicted octanol–water partition coefficient (Wildman–Crippen LogP) is 2.46. The third kappa shape index (κ3) is 6.70. The Balaban J connectivity index is 0.00000320. The number of amides is 1. The molecule has 1 N–H and O–H groups in total. The van der Waals surface area contributed by atoms with E-state index in [0.29, 0.717) is 6.54 Å². The number of nitrogens with one attached hydrogen (secondary N) is 1. The quantitative estimate of drug-likeness (QED) is 0.347. The Morgan fingerprint density at radius 1 is 1.13 bits per heavy atom. The predicted molar refractivity (Wildman–Crippen MR) is 132 cm³/mol. The molecule has 0 aliphatic carbocycles. The molecule has 0 bridgehead atoms. The number of piperazine rings is 1. The van der Waals surface area contributed by atoms with E-state index < -0.39 is 0 Å². The molecule has 30 heavy (non-hydrogen) atoms. The summed E-state index contributed by atoms with van der Waals surface area (Å²) in [5.41, 5.74) is 1.11. The standard InChI is InChI=1S/C21H32ClN5O2.HI/c1-3-23-21(27-10-8-25(9-11-27)17(2)28)24-16-20(26-12-14-29-15-13-26)18-6-4-5-7-19(18)22;/h4-7,20H,3,8-16H2,1-2H3,(H,23,24);1H. The Hall–Kier alpha value is -1.10. The van der Waals surface area contributed by atoms with E-state index in [9.17, 15) is 4.79 Å². The fourth-order valence-corrected chi connectivity index (χ4v) is 4.14. The lowest BCUT2D eigenvalue weighted by atomic mass is 10.0. The maximum Gasteiger partial charge on any atom is 0.219 e. The van der Waals surface area contributed by atoms with Crippen LogP contribution in [0.3, 0.4) is 0 Å². The van der Waals surface area contributed by atoms with Crippen LogP contribution < -0.4 is 5.32 Å². The molecule has 1 aromatic rings. The third-order valence-corrected chi connectivity index (χ3v) is 5.87. The largest absolute Gasteiger partial charge is 0.379 e. The summed E-state index contributed by atoms with van der Waals surface area (Å²) in [6.45, 7) is 11.4. The molecule has 2 aliphatic heterocycles. The lowest BCUT2D eigenvalue weighted by molar-refractivity contribution is -0.130. The second-order valence-corrected chi connectivity index (χ2v) is 7.78. The molecule has 1 aromatic carbocycles. The van der Waals surface area contributed by atoms with E-state index in [0.717, 1.165) is 75.6 Å². The Kier molecular flexibility index (Phi) is 10.6. The molecule has 9 heteroatoms. The van der Waals surface area contributed by atoms with Crippen LogP contribution in [0.25, 0.3) is 0 Å². The van der Waals surface area contributed by atoms with Crippen molar-refractivity contribution in [3.05, 3.63) is 34.9 Å². The van der Waals surface area contributed by atoms with Crippen LogP contribution >= 0.6 is 35.6 Å². The molecule has 2 heterocycles. The Labute approximate surface area is 201 Å². The van der Waals surface area contributed by atoms with Gasteiger partial charge >= 0.3 is 0 Å². The van der Waals surface area contributed by atoms with Gasteiger partial charge in [0.05, 0.1) is 25.8 Å². The molecule has 1 unspecified atom stereocenters. The normalized spacial score (nSPS) is 19.2. The van der Waals surface area contributed by atoms with Gasteiger partial charge in [0.15, 0.2) is 5.96 Å². The zero-order valence-corrected chi connectivity index (χ0v) is 20.9. The van der Waals surface area contributed by atoms with Crippen LogP contribution in [0.2, 0.25) is 5.02 Å². The molecule has 1 atom stereocenters. The number of hydrogen-bond donors (Lipinski definition) is 1. The SMILES string of the molecule is CCNC(=NCC(c1ccccc1Cl)N1CCOCC1)N1CCN(C(C)=O)CC1.I. The first-order chi connectivity index (χ1) is 14.1. The zero-order chi connectivity index (χ0) is 20.6. The van der Waals surface area contributed by atoms with Gasteiger partial charge in [-0.1, -0.05) is 29.8 Å². The maximum absolute atomic E-state index is 11.6. The highest BCUT2D eigenvalue weighted by atomic mass is 127. The Morgan fingerprint density at radius 2 is 1.77 bits per heavy atom. The van der Waals surface area contributed by atoms with E-state index in [2.05, 4.69) is 28.1 Å². The minimum absolute atomic E-state index is 0. The van der Waals surface area contributed by atoms with E-state index in [-0.39, 0.29) is 35.9 Å². The molecule has 2 aliphatic rings. The van der Waals surface area contributed by atoms with Crippen molar-refractivity contribution < 1.29 is 9.53 Å². The van der Waals surface area contributed by atoms with E-state index in [4.69, 9.17) is 21.3 Å². The number of benzene rings is 1. The van der Waals surface area contributed by atoms with Gasteiger partial charge in [0, 0.05) is 57.8 Å². The van der Waals surface area contributed by atoms with Gasteiger partial charge in [-0.3, -0.25) is 14.7 Å². The molecule has 0 aromatic heterocycles. The summed E-state index contributed by atoms with van der Waals surface area (Å²) in [6.07, 6.45) is 0. The smallest absolute Gasteiger partial charge is 0.219 e. The number of morpholine rings is 1. The number of carbonyl (C=O) groups excluding carboxylic acids is 1. The van der Waals surface area contributed by atoms with Crippen molar-refractivity contribution in [2.75, 3.05) is 65.6 Å². The van der Waals surface area contributed by atoms with Gasteiger partial charge in [-0.15, -0.1) is 24.0 Å². The molecular weight excluding hydrogens is 517 g/mol. The molecule has 0 saturated carbocycles. The lowest BCUT2D eigenvalue weighted by Gasteiger charge is -2.37. The van der Waals surface area contributed by atoms with Crippen molar-refractivity contribution >= 4 is 47.4 Å². The topological polar surface area (TPSA) is 60.4 Å². The van der Waals surface area contributed by atoms with Gasteiger partial charge < -0.3 is 19.9 Å². The number of halogens is 2. The summed E-state index contributed by atoms with van der Waals surface area (Å²) < 4.78 is 5.54. The highest BCUT2D eigenvalue weighted by molar-refractivity contribution is 14.0. The fraction of sp³-hybridized carbons (Fsp3) is 0.619. The molecule has 2 saturated heterocycles. The number of ether oxygens (including phenoxy) is 1. The monoisotopic (exact) mass is 549 g/mol. The van der Waals surface area contributed by atoms with Crippen molar-refractivity contribution in [2.45, 2.75) is 19.9 Å². The number of aliphatic imine (C=N–C) groups is 1. The Morgan fingerprint density at radius 3 is 2.37 bits per heavy atom. The summed E-state index contributed by atoms with van der Waals surface area (Å²) in [5, 5.41) is 4.19. The van der Waals surface area contributed by atoms with Crippen LogP contribution in [-0.2, 0) is 9.53 Å². The van der Waals surface area contributed by atoms with Gasteiger partial charge in [-0.05, 0) is 18.6 Å². The van der Waals surface area contributed by atoms with Gasteiger partial charge in [-0.2, -0.15) is 0 Å². The van der Waals surface area contributed by atoms with Crippen LogP contribution in [0.1, 0.15) is 25.5 Å². The molecule has 1 amide bonds. The number of hydrogen-bond acceptors (Lipinski definition) is 4. The van der Waals surface area contributed by atoms with Crippen molar-refractivity contribution in [1.82, 2.24) is 20.0 Å². The van der Waals surface area contributed by atoms with E-state index in [1.165, 1.54) is 0 Å². The van der Waals surface area contributed by atoms with Crippen LogP contribution in [0, 0.1) is 0 Å². The summed E-state index contributed by atoms with van der Waals surface area (Å²) in [7, 11) is 0. The molecule has 0 spiro atoms. The zero-order valence-electron chi connectivity index (χ0n) is 17.8. The van der Waals surface area contributed by atoms with Crippen LogP contribution in [-0.4, -0.2) is 92.1 Å². The average Bonchev–Trinajstić information content (AvgIpc) is 2.75. The van der Waals surface area contributed by atoms with Crippen LogP contribution in [0.4, 0.5) is 0 Å². The second-order valence-electron chi connectivity index (χ2n) is 7.37. The van der Waals surface area contributed by atoms with E-state index in [1.807, 2.05) is 23.1 Å². The van der Waals surface area contributed by atoms with Crippen molar-refractivity contribution in [2.24, 2.45) is 4.99 Å². The third-order valence-electron chi connectivity index (χ3n) is 5.52. The maximum atomic E-state index is 11.6. The van der Waals surface area contributed by atoms with Crippen LogP contribution in [0.5, 0.6) is 0 Å². The van der Waals surface area contributed by atoms with Crippen molar-refractivity contribution in [3.8, 4) is 0 Å². The average molecular weight is 550 g/mol. The lowest BCUT2D eigenvalue weighted by Crippen LogP contribution is -2.53. The first-order valence-corrected chi connectivity index (χ1v) is 10.8. The number of guanidine groups is 1. The molecular formula is C21H33ClIN5O2. The van der Waals surface area contributed by atoms with Crippen molar-refractivity contribution in [3.63, 3.8) is 0 Å². The number of carbonyl (C=O) groups is 1. The summed E-state index contributed by atoms with van der Waals surface area (Å²) in [6, 6.07) is 8.14. The summed E-state index contributed by atoms with van der Waals surface area (Å²) >= 11 is 6.54. The first kappa shape index (κ1) is 25.2. The van der Waals surface area contributed by atoms with Crippen molar-refractivity contribution in [1.29, 1.82) is 0 Å². The number of nitrogens with zero attached hydrogens (tertiary/aromatic N) is 4. The van der Waals surface area contributed by atoms with E-state index >= 15 is 0 Å². The minimum atomic E-state index is 0. The molecule has 168 valence electrons. The van der Waals surface area contributed by atoms with Gasteiger partial charge in [0.2, 0.25) is 5.91 Å². The van der Waals surface area contributed by atoms with E-state index in [1.54, 1.807) is 6.92 Å². The molecule has 7 nitrogen and oxygen atoms in total. The van der Waals surface area contributed by atoms with Gasteiger partial charge in [0.1, 0.15) is 0 Å². The highest BCUT2D eigenvalue weighted by Gasteiger charge is 2.26.